The Hall–Kier alpha value is -1.29. The summed E-state index contributed by atoms with van der Waals surface area (Å²) in [5.41, 5.74) is 4.03. The van der Waals surface area contributed by atoms with Crippen molar-refractivity contribution in [1.29, 1.82) is 0 Å². The molecule has 0 aromatic heterocycles. The van der Waals surface area contributed by atoms with Gasteiger partial charge < -0.3 is 15.6 Å². The van der Waals surface area contributed by atoms with Crippen molar-refractivity contribution in [3.05, 3.63) is 25.3 Å². The lowest BCUT2D eigenvalue weighted by Gasteiger charge is -1.89. The minimum Gasteiger partial charge on any atom is -0.465 e. The summed E-state index contributed by atoms with van der Waals surface area (Å²) in [5, 5.41) is 7.19. The van der Waals surface area contributed by atoms with Gasteiger partial charge in [0, 0.05) is 0 Å². The van der Waals surface area contributed by atoms with E-state index in [1.807, 2.05) is 0 Å². The number of carboxylic acid groups (broad SMARTS) is 1. The van der Waals surface area contributed by atoms with Crippen LogP contribution >= 0.6 is 0 Å². The van der Waals surface area contributed by atoms with Crippen LogP contribution in [0.3, 0.4) is 0 Å². The highest BCUT2D eigenvalue weighted by atomic mass is 16.5. The molecule has 0 atom stereocenters. The molecule has 0 unspecified atom stereocenters. The molecule has 0 radical (unpaired) electrons. The van der Waals surface area contributed by atoms with E-state index in [-0.39, 0.29) is 0 Å². The molecule has 0 aliphatic heterocycles. The van der Waals surface area contributed by atoms with Gasteiger partial charge >= 0.3 is 6.09 Å². The van der Waals surface area contributed by atoms with Crippen molar-refractivity contribution in [3.63, 3.8) is 0 Å². The predicted molar refractivity (Wildman–Crippen MR) is 43.4 cm³/mol. The average molecular weight is 159 g/mol. The highest BCUT2D eigenvalue weighted by molar-refractivity contribution is 5.61. The van der Waals surface area contributed by atoms with Gasteiger partial charge in [0.2, 0.25) is 0 Å². The maximum Gasteiger partial charge on any atom is 0.402 e. The second-order valence-electron chi connectivity index (χ2n) is 1.45. The van der Waals surface area contributed by atoms with Crippen molar-refractivity contribution in [2.75, 3.05) is 13.2 Å². The number of primary amides is 1. The van der Waals surface area contributed by atoms with E-state index in [1.165, 1.54) is 0 Å². The summed E-state index contributed by atoms with van der Waals surface area (Å²) in [6, 6.07) is 0. The Bertz CT molecular complexity index is 111. The molecule has 4 nitrogen and oxygen atoms in total. The van der Waals surface area contributed by atoms with Crippen molar-refractivity contribution in [3.8, 4) is 0 Å². The first-order chi connectivity index (χ1) is 5.15. The summed E-state index contributed by atoms with van der Waals surface area (Å²) >= 11 is 0. The summed E-state index contributed by atoms with van der Waals surface area (Å²) in [4.78, 5) is 8.78. The van der Waals surface area contributed by atoms with Gasteiger partial charge in [-0.1, -0.05) is 12.2 Å². The Balaban J connectivity index is 0. The maximum atomic E-state index is 8.78. The van der Waals surface area contributed by atoms with E-state index < -0.39 is 6.09 Å². The van der Waals surface area contributed by atoms with E-state index in [9.17, 15) is 0 Å². The average Bonchev–Trinajstić information content (AvgIpc) is 1.88. The molecule has 0 saturated carbocycles. The third-order valence-corrected chi connectivity index (χ3v) is 0.471. The summed E-state index contributed by atoms with van der Waals surface area (Å²) in [5.74, 6) is 0. The maximum absolute atomic E-state index is 8.78. The van der Waals surface area contributed by atoms with Crippen LogP contribution in [0.4, 0.5) is 4.79 Å². The number of rotatable bonds is 4. The molecule has 64 valence electrons. The molecule has 0 spiro atoms. The quantitative estimate of drug-likeness (QED) is 0.474. The molecule has 0 aromatic rings. The van der Waals surface area contributed by atoms with Crippen LogP contribution in [0, 0.1) is 0 Å². The van der Waals surface area contributed by atoms with E-state index in [1.54, 1.807) is 12.2 Å². The van der Waals surface area contributed by atoms with Crippen molar-refractivity contribution >= 4 is 6.09 Å². The lowest BCUT2D eigenvalue weighted by atomic mass is 10.6. The van der Waals surface area contributed by atoms with Crippen LogP contribution in [0.15, 0.2) is 25.3 Å². The summed E-state index contributed by atoms with van der Waals surface area (Å²) in [7, 11) is 0. The van der Waals surface area contributed by atoms with Gasteiger partial charge in [-0.3, -0.25) is 0 Å². The number of carbonyl (C=O) groups is 1. The van der Waals surface area contributed by atoms with Crippen LogP contribution in [0.1, 0.15) is 0 Å². The molecule has 0 aromatic carbocycles. The molecule has 0 rings (SSSR count). The fourth-order valence-corrected chi connectivity index (χ4v) is 0.235. The fraction of sp³-hybridized carbons (Fsp3) is 0.286. The molecule has 1 amide bonds. The first-order valence-corrected chi connectivity index (χ1v) is 2.93. The third kappa shape index (κ3) is 53.4. The van der Waals surface area contributed by atoms with Crippen molar-refractivity contribution in [2.45, 2.75) is 0 Å². The summed E-state index contributed by atoms with van der Waals surface area (Å²) < 4.78 is 4.90. The second-order valence-corrected chi connectivity index (χ2v) is 1.45. The largest absolute Gasteiger partial charge is 0.465 e. The van der Waals surface area contributed by atoms with E-state index in [0.29, 0.717) is 13.2 Å². The highest BCUT2D eigenvalue weighted by Gasteiger charge is 1.70. The molecule has 0 heterocycles. The number of nitrogens with two attached hydrogens (primary N) is 1. The van der Waals surface area contributed by atoms with Gasteiger partial charge in [-0.25, -0.2) is 4.79 Å². The van der Waals surface area contributed by atoms with Crippen molar-refractivity contribution < 1.29 is 14.6 Å². The molecule has 0 bridgehead atoms. The first-order valence-electron chi connectivity index (χ1n) is 2.93. The normalized spacial score (nSPS) is 7.27. The molecule has 11 heavy (non-hydrogen) atoms. The lowest BCUT2D eigenvalue weighted by Crippen LogP contribution is -2.03. The number of hydrogen-bond acceptors (Lipinski definition) is 2. The van der Waals surface area contributed by atoms with Crippen LogP contribution in [0.25, 0.3) is 0 Å². The van der Waals surface area contributed by atoms with Crippen LogP contribution < -0.4 is 5.73 Å². The van der Waals surface area contributed by atoms with Gasteiger partial charge in [-0.2, -0.15) is 0 Å². The SMILES string of the molecule is C=CCOCC=C.NC(=O)O. The third-order valence-electron chi connectivity index (χ3n) is 0.471. The van der Waals surface area contributed by atoms with Crippen molar-refractivity contribution in [1.82, 2.24) is 0 Å². The fourth-order valence-electron chi connectivity index (χ4n) is 0.235. The Labute approximate surface area is 66.0 Å². The van der Waals surface area contributed by atoms with Gasteiger partial charge in [-0.15, -0.1) is 13.2 Å². The topological polar surface area (TPSA) is 72.5 Å². The van der Waals surface area contributed by atoms with E-state index in [2.05, 4.69) is 18.9 Å². The Morgan fingerprint density at radius 3 is 1.91 bits per heavy atom. The van der Waals surface area contributed by atoms with E-state index in [0.717, 1.165) is 0 Å². The van der Waals surface area contributed by atoms with Crippen LogP contribution in [0.5, 0.6) is 0 Å². The molecule has 0 aliphatic rings. The van der Waals surface area contributed by atoms with E-state index >= 15 is 0 Å². The minimum absolute atomic E-state index is 0.617. The Kier molecular flexibility index (Phi) is 13.0. The van der Waals surface area contributed by atoms with E-state index in [4.69, 9.17) is 14.6 Å². The zero-order chi connectivity index (χ0) is 9.11. The Morgan fingerprint density at radius 1 is 1.45 bits per heavy atom. The first kappa shape index (κ1) is 12.4. The van der Waals surface area contributed by atoms with Crippen LogP contribution in [-0.2, 0) is 4.74 Å². The van der Waals surface area contributed by atoms with Gasteiger partial charge in [0.05, 0.1) is 13.2 Å². The Morgan fingerprint density at radius 2 is 1.73 bits per heavy atom. The van der Waals surface area contributed by atoms with Crippen LogP contribution in [-0.4, -0.2) is 24.4 Å². The lowest BCUT2D eigenvalue weighted by molar-refractivity contribution is 0.194. The molecular formula is C7H13NO3. The number of hydrogen-bond donors (Lipinski definition) is 2. The zero-order valence-electron chi connectivity index (χ0n) is 6.32. The summed E-state index contributed by atoms with van der Waals surface area (Å²) in [6.45, 7) is 8.18. The molecule has 3 N–H and O–H groups in total. The number of amides is 1. The standard InChI is InChI=1S/C6H10O.CH3NO2/c1-3-5-7-6-4-2;2-1(3)4/h3-4H,1-2,5-6H2;2H2,(H,3,4). The molecule has 0 saturated heterocycles. The monoisotopic (exact) mass is 159 g/mol. The van der Waals surface area contributed by atoms with Gasteiger partial charge in [0.15, 0.2) is 0 Å². The van der Waals surface area contributed by atoms with Crippen molar-refractivity contribution in [2.24, 2.45) is 5.73 Å². The smallest absolute Gasteiger partial charge is 0.402 e. The number of ether oxygens (including phenoxy) is 1. The second kappa shape index (κ2) is 11.5. The van der Waals surface area contributed by atoms with Gasteiger partial charge in [-0.05, 0) is 0 Å². The predicted octanol–water partition coefficient (Wildman–Crippen LogP) is 0.998. The minimum atomic E-state index is -1.33. The molecule has 0 aliphatic carbocycles. The van der Waals surface area contributed by atoms with Gasteiger partial charge in [0.25, 0.3) is 0 Å². The molecule has 4 heteroatoms. The van der Waals surface area contributed by atoms with Gasteiger partial charge in [0.1, 0.15) is 0 Å². The molecular weight excluding hydrogens is 146 g/mol. The highest BCUT2D eigenvalue weighted by Crippen LogP contribution is 1.72. The molecule has 0 fully saturated rings. The zero-order valence-corrected chi connectivity index (χ0v) is 6.32. The summed E-state index contributed by atoms with van der Waals surface area (Å²) in [6.07, 6.45) is 2.09. The van der Waals surface area contributed by atoms with Crippen LogP contribution in [0.2, 0.25) is 0 Å².